The van der Waals surface area contributed by atoms with Gasteiger partial charge in [0.25, 0.3) is 0 Å². The SMILES string of the molecule is CCCCCCn1cc(-c2ccc(OC)c(CC#N)c2)cn1. The first-order valence-electron chi connectivity index (χ1n) is 7.85. The number of benzene rings is 1. The number of unbranched alkanes of at least 4 members (excludes halogenated alkanes) is 3. The predicted octanol–water partition coefficient (Wildman–Crippen LogP) is 4.21. The molecule has 2 rings (SSSR count). The molecule has 0 aliphatic carbocycles. The van der Waals surface area contributed by atoms with Gasteiger partial charge in [0.05, 0.1) is 25.8 Å². The topological polar surface area (TPSA) is 50.8 Å². The first kappa shape index (κ1) is 16.1. The summed E-state index contributed by atoms with van der Waals surface area (Å²) in [5, 5.41) is 13.4. The third-order valence-corrected chi connectivity index (χ3v) is 3.76. The minimum atomic E-state index is 0.349. The maximum absolute atomic E-state index is 8.92. The van der Waals surface area contributed by atoms with Crippen molar-refractivity contribution in [2.45, 2.75) is 45.6 Å². The summed E-state index contributed by atoms with van der Waals surface area (Å²) in [4.78, 5) is 0. The first-order valence-corrected chi connectivity index (χ1v) is 7.85. The van der Waals surface area contributed by atoms with Crippen molar-refractivity contribution in [2.24, 2.45) is 0 Å². The van der Waals surface area contributed by atoms with E-state index in [-0.39, 0.29) is 0 Å². The quantitative estimate of drug-likeness (QED) is 0.686. The molecule has 4 heteroatoms. The van der Waals surface area contributed by atoms with Crippen molar-refractivity contribution in [3.05, 3.63) is 36.2 Å². The Morgan fingerprint density at radius 2 is 2.09 bits per heavy atom. The van der Waals surface area contributed by atoms with E-state index in [1.807, 2.05) is 29.1 Å². The van der Waals surface area contributed by atoms with Crippen LogP contribution in [0.3, 0.4) is 0 Å². The Bertz CT molecular complexity index is 640. The molecular formula is C18H23N3O. The fourth-order valence-electron chi connectivity index (χ4n) is 2.52. The number of nitrogens with zero attached hydrogens (tertiary/aromatic N) is 3. The van der Waals surface area contributed by atoms with Gasteiger partial charge in [-0.2, -0.15) is 10.4 Å². The van der Waals surface area contributed by atoms with E-state index in [1.165, 1.54) is 19.3 Å². The van der Waals surface area contributed by atoms with Crippen LogP contribution in [0.2, 0.25) is 0 Å². The van der Waals surface area contributed by atoms with Gasteiger partial charge in [-0.25, -0.2) is 0 Å². The maximum atomic E-state index is 8.92. The number of methoxy groups -OCH3 is 1. The van der Waals surface area contributed by atoms with Gasteiger partial charge in [-0.1, -0.05) is 32.3 Å². The van der Waals surface area contributed by atoms with Gasteiger partial charge in [0.15, 0.2) is 0 Å². The van der Waals surface area contributed by atoms with Gasteiger partial charge in [-0.05, 0) is 24.1 Å². The average Bonchev–Trinajstić information content (AvgIpc) is 3.01. The Labute approximate surface area is 132 Å². The van der Waals surface area contributed by atoms with Gasteiger partial charge in [0.1, 0.15) is 5.75 Å². The summed E-state index contributed by atoms with van der Waals surface area (Å²) >= 11 is 0. The van der Waals surface area contributed by atoms with Gasteiger partial charge in [0, 0.05) is 23.9 Å². The van der Waals surface area contributed by atoms with E-state index < -0.39 is 0 Å². The molecule has 0 spiro atoms. The van der Waals surface area contributed by atoms with E-state index in [9.17, 15) is 0 Å². The molecule has 0 aliphatic rings. The highest BCUT2D eigenvalue weighted by Gasteiger charge is 2.07. The van der Waals surface area contributed by atoms with E-state index in [1.54, 1.807) is 7.11 Å². The summed E-state index contributed by atoms with van der Waals surface area (Å²) in [5.74, 6) is 0.761. The lowest BCUT2D eigenvalue weighted by molar-refractivity contribution is 0.411. The Kier molecular flexibility index (Phi) is 6.02. The summed E-state index contributed by atoms with van der Waals surface area (Å²) in [7, 11) is 1.63. The zero-order valence-corrected chi connectivity index (χ0v) is 13.4. The summed E-state index contributed by atoms with van der Waals surface area (Å²) in [5.41, 5.74) is 3.07. The highest BCUT2D eigenvalue weighted by molar-refractivity contribution is 5.64. The van der Waals surface area contributed by atoms with Crippen molar-refractivity contribution in [1.82, 2.24) is 9.78 Å². The molecule has 2 aromatic rings. The number of rotatable bonds is 8. The maximum Gasteiger partial charge on any atom is 0.123 e. The minimum absolute atomic E-state index is 0.349. The van der Waals surface area contributed by atoms with Crippen LogP contribution in [0.15, 0.2) is 30.6 Å². The standard InChI is InChI=1S/C18H23N3O/c1-3-4-5-6-11-21-14-17(13-20-21)15-7-8-18(22-2)16(12-15)9-10-19/h7-8,12-14H,3-6,9,11H2,1-2H3. The molecule has 0 saturated carbocycles. The largest absolute Gasteiger partial charge is 0.496 e. The highest BCUT2D eigenvalue weighted by Crippen LogP contribution is 2.26. The minimum Gasteiger partial charge on any atom is -0.496 e. The molecule has 0 N–H and O–H groups in total. The predicted molar refractivity (Wildman–Crippen MR) is 87.7 cm³/mol. The van der Waals surface area contributed by atoms with Crippen LogP contribution in [0.5, 0.6) is 5.75 Å². The van der Waals surface area contributed by atoms with Crippen LogP contribution in [0.25, 0.3) is 11.1 Å². The lowest BCUT2D eigenvalue weighted by Gasteiger charge is -2.07. The van der Waals surface area contributed by atoms with E-state index in [0.717, 1.165) is 35.4 Å². The van der Waals surface area contributed by atoms with Crippen LogP contribution < -0.4 is 4.74 Å². The second-order valence-corrected chi connectivity index (χ2v) is 5.41. The van der Waals surface area contributed by atoms with Gasteiger partial charge >= 0.3 is 0 Å². The van der Waals surface area contributed by atoms with E-state index in [4.69, 9.17) is 10.00 Å². The highest BCUT2D eigenvalue weighted by atomic mass is 16.5. The zero-order valence-electron chi connectivity index (χ0n) is 13.4. The molecule has 116 valence electrons. The molecule has 22 heavy (non-hydrogen) atoms. The van der Waals surface area contributed by atoms with Crippen molar-refractivity contribution >= 4 is 0 Å². The Balaban J connectivity index is 2.10. The van der Waals surface area contributed by atoms with Crippen LogP contribution in [0.4, 0.5) is 0 Å². The summed E-state index contributed by atoms with van der Waals surface area (Å²) in [6.07, 6.45) is 9.25. The third kappa shape index (κ3) is 4.11. The number of aryl methyl sites for hydroxylation is 1. The number of ether oxygens (including phenoxy) is 1. The molecule has 0 radical (unpaired) electrons. The van der Waals surface area contributed by atoms with Crippen molar-refractivity contribution in [2.75, 3.05) is 7.11 Å². The van der Waals surface area contributed by atoms with Crippen LogP contribution in [-0.2, 0) is 13.0 Å². The lowest BCUT2D eigenvalue weighted by Crippen LogP contribution is -1.97. The van der Waals surface area contributed by atoms with Crippen LogP contribution in [0.1, 0.15) is 38.2 Å². The zero-order chi connectivity index (χ0) is 15.8. The van der Waals surface area contributed by atoms with Crippen molar-refractivity contribution < 1.29 is 4.74 Å². The fraction of sp³-hybridized carbons (Fsp3) is 0.444. The monoisotopic (exact) mass is 297 g/mol. The average molecular weight is 297 g/mol. The van der Waals surface area contributed by atoms with Crippen molar-refractivity contribution in [1.29, 1.82) is 5.26 Å². The number of hydrogen-bond donors (Lipinski definition) is 0. The third-order valence-electron chi connectivity index (χ3n) is 3.76. The molecule has 0 bridgehead atoms. The molecule has 1 aromatic heterocycles. The molecule has 0 aliphatic heterocycles. The number of hydrogen-bond acceptors (Lipinski definition) is 3. The Morgan fingerprint density at radius 3 is 2.82 bits per heavy atom. The molecule has 0 atom stereocenters. The lowest BCUT2D eigenvalue weighted by atomic mass is 10.0. The molecule has 1 aromatic carbocycles. The molecule has 0 amide bonds. The van der Waals surface area contributed by atoms with Crippen molar-refractivity contribution in [3.63, 3.8) is 0 Å². The van der Waals surface area contributed by atoms with E-state index in [0.29, 0.717) is 6.42 Å². The van der Waals surface area contributed by atoms with E-state index in [2.05, 4.69) is 24.3 Å². The normalized spacial score (nSPS) is 10.4. The molecule has 0 unspecified atom stereocenters. The smallest absolute Gasteiger partial charge is 0.123 e. The summed E-state index contributed by atoms with van der Waals surface area (Å²) in [6.45, 7) is 3.18. The van der Waals surface area contributed by atoms with Gasteiger partial charge < -0.3 is 4.74 Å². The van der Waals surface area contributed by atoms with Gasteiger partial charge in [0.2, 0.25) is 0 Å². The van der Waals surface area contributed by atoms with Crippen LogP contribution in [-0.4, -0.2) is 16.9 Å². The second kappa shape index (κ2) is 8.23. The molecule has 0 fully saturated rings. The van der Waals surface area contributed by atoms with Gasteiger partial charge in [-0.3, -0.25) is 4.68 Å². The number of nitriles is 1. The first-order chi connectivity index (χ1) is 10.8. The van der Waals surface area contributed by atoms with Crippen LogP contribution in [0, 0.1) is 11.3 Å². The molecular weight excluding hydrogens is 274 g/mol. The summed E-state index contributed by atoms with van der Waals surface area (Å²) in [6, 6.07) is 8.13. The molecule has 0 saturated heterocycles. The van der Waals surface area contributed by atoms with E-state index >= 15 is 0 Å². The molecule has 4 nitrogen and oxygen atoms in total. The van der Waals surface area contributed by atoms with Gasteiger partial charge in [-0.15, -0.1) is 0 Å². The van der Waals surface area contributed by atoms with Crippen molar-refractivity contribution in [3.8, 4) is 22.9 Å². The Hall–Kier alpha value is -2.28. The van der Waals surface area contributed by atoms with Crippen LogP contribution >= 0.6 is 0 Å². The second-order valence-electron chi connectivity index (χ2n) is 5.41. The fourth-order valence-corrected chi connectivity index (χ4v) is 2.52. The summed E-state index contributed by atoms with van der Waals surface area (Å²) < 4.78 is 7.30. The Morgan fingerprint density at radius 1 is 1.23 bits per heavy atom. The molecule has 1 heterocycles. The number of aromatic nitrogens is 2.